The smallest absolute Gasteiger partial charge is 0.213 e. The first-order valence-corrected chi connectivity index (χ1v) is 5.80. The van der Waals surface area contributed by atoms with Gasteiger partial charge in [-0.3, -0.25) is 9.59 Å². The number of ketones is 1. The lowest BCUT2D eigenvalue weighted by Gasteiger charge is -2.10. The highest BCUT2D eigenvalue weighted by Gasteiger charge is 2.09. The van der Waals surface area contributed by atoms with Crippen LogP contribution < -0.4 is 10.6 Å². The Labute approximate surface area is 111 Å². The lowest BCUT2D eigenvalue weighted by Crippen LogP contribution is -2.13. The molecule has 2 aromatic carbocycles. The van der Waals surface area contributed by atoms with E-state index in [-0.39, 0.29) is 5.78 Å². The summed E-state index contributed by atoms with van der Waals surface area (Å²) in [5, 5.41) is 0. The number of benzene rings is 2. The Bertz CT molecular complexity index is 606. The van der Waals surface area contributed by atoms with Crippen molar-refractivity contribution in [2.24, 2.45) is 0 Å². The molecule has 4 heteroatoms. The highest BCUT2D eigenvalue weighted by atomic mass is 16.1. The number of hydrogen-bond acceptors (Lipinski definition) is 3. The van der Waals surface area contributed by atoms with Crippen LogP contribution in [-0.2, 0) is 4.79 Å². The van der Waals surface area contributed by atoms with Crippen LogP contribution >= 0.6 is 0 Å². The molecule has 0 atom stereocenters. The van der Waals surface area contributed by atoms with Crippen LogP contribution in [0.4, 0.5) is 11.4 Å². The van der Waals surface area contributed by atoms with Crippen LogP contribution in [0.5, 0.6) is 0 Å². The number of nitrogens with two attached hydrogens (primary N) is 1. The first-order chi connectivity index (χ1) is 9.11. The summed E-state index contributed by atoms with van der Waals surface area (Å²) in [6.07, 6.45) is 0.717. The van der Waals surface area contributed by atoms with Gasteiger partial charge in [0.05, 0.1) is 0 Å². The fraction of sp³-hybridized carbons (Fsp3) is 0.0667. The maximum Gasteiger partial charge on any atom is 0.213 e. The van der Waals surface area contributed by atoms with Gasteiger partial charge >= 0.3 is 0 Å². The average molecular weight is 254 g/mol. The average Bonchev–Trinajstić information content (AvgIpc) is 2.46. The summed E-state index contributed by atoms with van der Waals surface area (Å²) in [6, 6.07) is 13.7. The minimum atomic E-state index is -0.0902. The second-order valence-electron chi connectivity index (χ2n) is 4.22. The molecular formula is C15H14N2O2. The fourth-order valence-electron chi connectivity index (χ4n) is 1.76. The maximum atomic E-state index is 12.2. The SMILES string of the molecule is CN(C=O)c1ccc(C(=O)c2cccc(N)c2)cc1. The van der Waals surface area contributed by atoms with E-state index >= 15 is 0 Å². The predicted octanol–water partition coefficient (Wildman–Crippen LogP) is 2.09. The highest BCUT2D eigenvalue weighted by molar-refractivity contribution is 6.09. The molecule has 0 spiro atoms. The van der Waals surface area contributed by atoms with Gasteiger partial charge < -0.3 is 10.6 Å². The van der Waals surface area contributed by atoms with E-state index in [1.54, 1.807) is 55.6 Å². The molecule has 1 amide bonds. The van der Waals surface area contributed by atoms with Crippen molar-refractivity contribution in [3.8, 4) is 0 Å². The summed E-state index contributed by atoms with van der Waals surface area (Å²) in [5.41, 5.74) is 8.07. The minimum Gasteiger partial charge on any atom is -0.399 e. The van der Waals surface area contributed by atoms with Gasteiger partial charge in [-0.05, 0) is 36.4 Å². The second kappa shape index (κ2) is 5.35. The zero-order valence-electron chi connectivity index (χ0n) is 10.5. The molecule has 0 aromatic heterocycles. The van der Waals surface area contributed by atoms with Crippen molar-refractivity contribution >= 4 is 23.6 Å². The number of hydrogen-bond donors (Lipinski definition) is 1. The van der Waals surface area contributed by atoms with E-state index < -0.39 is 0 Å². The molecule has 2 aromatic rings. The molecular weight excluding hydrogens is 240 g/mol. The van der Waals surface area contributed by atoms with Crippen molar-refractivity contribution in [1.82, 2.24) is 0 Å². The van der Waals surface area contributed by atoms with Crippen molar-refractivity contribution in [2.45, 2.75) is 0 Å². The summed E-state index contributed by atoms with van der Waals surface area (Å²) in [5.74, 6) is -0.0902. The number of nitrogens with zero attached hydrogens (tertiary/aromatic N) is 1. The molecule has 0 bridgehead atoms. The van der Waals surface area contributed by atoms with Crippen LogP contribution in [0.25, 0.3) is 0 Å². The van der Waals surface area contributed by atoms with Crippen LogP contribution in [-0.4, -0.2) is 19.2 Å². The van der Waals surface area contributed by atoms with Gasteiger partial charge in [0.1, 0.15) is 0 Å². The molecule has 0 fully saturated rings. The van der Waals surface area contributed by atoms with Gasteiger partial charge in [-0.15, -0.1) is 0 Å². The molecule has 2 rings (SSSR count). The first kappa shape index (κ1) is 12.8. The van der Waals surface area contributed by atoms with E-state index in [0.29, 0.717) is 23.2 Å². The standard InChI is InChI=1S/C15H14N2O2/c1-17(10-18)14-7-5-11(6-8-14)15(19)12-3-2-4-13(16)9-12/h2-10H,16H2,1H3. The Morgan fingerprint density at radius 2 is 1.79 bits per heavy atom. The number of carbonyl (C=O) groups is 2. The molecule has 0 radical (unpaired) electrons. The van der Waals surface area contributed by atoms with Gasteiger partial charge in [0, 0.05) is 29.5 Å². The number of carbonyl (C=O) groups excluding carboxylic acids is 2. The largest absolute Gasteiger partial charge is 0.399 e. The van der Waals surface area contributed by atoms with Gasteiger partial charge in [0.2, 0.25) is 6.41 Å². The van der Waals surface area contributed by atoms with Crippen molar-refractivity contribution in [1.29, 1.82) is 0 Å². The van der Waals surface area contributed by atoms with Crippen LogP contribution in [0.2, 0.25) is 0 Å². The van der Waals surface area contributed by atoms with Gasteiger partial charge in [0.25, 0.3) is 0 Å². The molecule has 2 N–H and O–H groups in total. The molecule has 0 unspecified atom stereocenters. The summed E-state index contributed by atoms with van der Waals surface area (Å²) in [7, 11) is 1.65. The van der Waals surface area contributed by atoms with Gasteiger partial charge in [0.15, 0.2) is 5.78 Å². The Hall–Kier alpha value is -2.62. The van der Waals surface area contributed by atoms with E-state index in [4.69, 9.17) is 5.73 Å². The van der Waals surface area contributed by atoms with Crippen LogP contribution in [0, 0.1) is 0 Å². The van der Waals surface area contributed by atoms with Crippen molar-refractivity contribution in [3.05, 3.63) is 59.7 Å². The molecule has 19 heavy (non-hydrogen) atoms. The third-order valence-corrected chi connectivity index (χ3v) is 2.84. The van der Waals surface area contributed by atoms with Crippen molar-refractivity contribution < 1.29 is 9.59 Å². The van der Waals surface area contributed by atoms with Crippen LogP contribution in [0.15, 0.2) is 48.5 Å². The molecule has 0 aliphatic heterocycles. The van der Waals surface area contributed by atoms with E-state index in [2.05, 4.69) is 0 Å². The second-order valence-corrected chi connectivity index (χ2v) is 4.22. The summed E-state index contributed by atoms with van der Waals surface area (Å²) in [4.78, 5) is 24.3. The van der Waals surface area contributed by atoms with Crippen molar-refractivity contribution in [2.75, 3.05) is 17.7 Å². The van der Waals surface area contributed by atoms with E-state index in [1.165, 1.54) is 4.90 Å². The van der Waals surface area contributed by atoms with Gasteiger partial charge in [-0.1, -0.05) is 12.1 Å². The Morgan fingerprint density at radius 3 is 2.37 bits per heavy atom. The number of nitrogen functional groups attached to an aromatic ring is 1. The monoisotopic (exact) mass is 254 g/mol. The van der Waals surface area contributed by atoms with Gasteiger partial charge in [-0.2, -0.15) is 0 Å². The third kappa shape index (κ3) is 2.80. The zero-order valence-corrected chi connectivity index (χ0v) is 10.5. The van der Waals surface area contributed by atoms with Crippen molar-refractivity contribution in [3.63, 3.8) is 0 Å². The third-order valence-electron chi connectivity index (χ3n) is 2.84. The minimum absolute atomic E-state index is 0.0902. The number of amides is 1. The predicted molar refractivity (Wildman–Crippen MR) is 75.2 cm³/mol. The first-order valence-electron chi connectivity index (χ1n) is 5.80. The van der Waals surface area contributed by atoms with E-state index in [1.807, 2.05) is 0 Å². The molecule has 96 valence electrons. The van der Waals surface area contributed by atoms with E-state index in [0.717, 1.165) is 5.69 Å². The summed E-state index contributed by atoms with van der Waals surface area (Å²) >= 11 is 0. The fourth-order valence-corrected chi connectivity index (χ4v) is 1.76. The topological polar surface area (TPSA) is 63.4 Å². The Kier molecular flexibility index (Phi) is 3.61. The molecule has 4 nitrogen and oxygen atoms in total. The Morgan fingerprint density at radius 1 is 1.11 bits per heavy atom. The highest BCUT2D eigenvalue weighted by Crippen LogP contribution is 2.16. The normalized spacial score (nSPS) is 9.95. The summed E-state index contributed by atoms with van der Waals surface area (Å²) < 4.78 is 0. The number of rotatable bonds is 4. The van der Waals surface area contributed by atoms with Crippen LogP contribution in [0.3, 0.4) is 0 Å². The zero-order chi connectivity index (χ0) is 13.8. The Balaban J connectivity index is 2.27. The summed E-state index contributed by atoms with van der Waals surface area (Å²) in [6.45, 7) is 0. The number of anilines is 2. The lowest BCUT2D eigenvalue weighted by atomic mass is 10.0. The van der Waals surface area contributed by atoms with E-state index in [9.17, 15) is 9.59 Å². The quantitative estimate of drug-likeness (QED) is 0.516. The lowest BCUT2D eigenvalue weighted by molar-refractivity contribution is -0.107. The molecule has 0 aliphatic carbocycles. The molecule has 0 saturated carbocycles. The molecule has 0 saturated heterocycles. The molecule has 0 heterocycles. The van der Waals surface area contributed by atoms with Crippen LogP contribution in [0.1, 0.15) is 15.9 Å². The van der Waals surface area contributed by atoms with Gasteiger partial charge in [-0.25, -0.2) is 0 Å². The molecule has 0 aliphatic rings. The maximum absolute atomic E-state index is 12.2.